The molecular formula is C19H23F2N2O2S+. The molecule has 3 rings (SSSR count). The number of nitrogens with one attached hydrogen (secondary N) is 1. The van der Waals surface area contributed by atoms with Crippen LogP contribution in [0.4, 0.5) is 8.78 Å². The molecule has 1 fully saturated rings. The lowest BCUT2D eigenvalue weighted by atomic mass is 10.1. The Morgan fingerprint density at radius 2 is 1.73 bits per heavy atom. The zero-order chi connectivity index (χ0) is 18.9. The normalized spacial score (nSPS) is 16.8. The van der Waals surface area contributed by atoms with Gasteiger partial charge < -0.3 is 4.90 Å². The number of hydrogen-bond acceptors (Lipinski definition) is 2. The van der Waals surface area contributed by atoms with Crippen LogP contribution in [0.25, 0.3) is 0 Å². The summed E-state index contributed by atoms with van der Waals surface area (Å²) in [5.41, 5.74) is 3.70. The summed E-state index contributed by atoms with van der Waals surface area (Å²) in [6, 6.07) is 8.92. The van der Waals surface area contributed by atoms with Crippen LogP contribution >= 0.6 is 0 Å². The third-order valence-electron chi connectivity index (χ3n) is 4.89. The van der Waals surface area contributed by atoms with Gasteiger partial charge >= 0.3 is 0 Å². The van der Waals surface area contributed by atoms with Crippen molar-refractivity contribution in [1.29, 1.82) is 0 Å². The Kier molecular flexibility index (Phi) is 5.41. The van der Waals surface area contributed by atoms with Crippen molar-refractivity contribution in [1.82, 2.24) is 4.31 Å². The first-order chi connectivity index (χ1) is 12.3. The van der Waals surface area contributed by atoms with E-state index in [2.05, 4.69) is 32.0 Å². The van der Waals surface area contributed by atoms with Gasteiger partial charge in [0.2, 0.25) is 10.0 Å². The van der Waals surface area contributed by atoms with Crippen LogP contribution in [0.15, 0.2) is 41.3 Å². The Morgan fingerprint density at radius 3 is 2.38 bits per heavy atom. The van der Waals surface area contributed by atoms with Gasteiger partial charge in [-0.25, -0.2) is 17.2 Å². The Labute approximate surface area is 153 Å². The third-order valence-corrected chi connectivity index (χ3v) is 6.82. The first kappa shape index (κ1) is 18.9. The molecule has 0 spiro atoms. The zero-order valence-electron chi connectivity index (χ0n) is 14.9. The number of aryl methyl sites for hydroxylation is 2. The first-order valence-electron chi connectivity index (χ1n) is 8.62. The van der Waals surface area contributed by atoms with Crippen LogP contribution in [0, 0.1) is 25.5 Å². The van der Waals surface area contributed by atoms with Crippen molar-refractivity contribution < 1.29 is 22.1 Å². The fourth-order valence-electron chi connectivity index (χ4n) is 3.30. The standard InChI is InChI=1S/C19H22F2N2O2S/c1-14-3-4-15(2)16(11-14)13-22-7-9-23(10-8-22)26(24,25)19-6-5-17(20)12-18(19)21/h3-6,11-12H,7-10,13H2,1-2H3/p+1. The zero-order valence-corrected chi connectivity index (χ0v) is 15.7. The highest BCUT2D eigenvalue weighted by Gasteiger charge is 2.32. The molecule has 4 nitrogen and oxygen atoms in total. The number of nitrogens with zero attached hydrogens (tertiary/aromatic N) is 1. The van der Waals surface area contributed by atoms with Gasteiger partial charge in [-0.1, -0.05) is 23.8 Å². The maximum Gasteiger partial charge on any atom is 0.246 e. The Balaban J connectivity index is 1.69. The molecule has 140 valence electrons. The summed E-state index contributed by atoms with van der Waals surface area (Å²) in [5.74, 6) is -1.83. The van der Waals surface area contributed by atoms with Crippen molar-refractivity contribution in [2.24, 2.45) is 0 Å². The molecule has 0 bridgehead atoms. The van der Waals surface area contributed by atoms with Gasteiger partial charge in [-0.05, 0) is 31.5 Å². The van der Waals surface area contributed by atoms with Gasteiger partial charge in [0.25, 0.3) is 0 Å². The van der Waals surface area contributed by atoms with E-state index < -0.39 is 26.6 Å². The fraction of sp³-hybridized carbons (Fsp3) is 0.368. The van der Waals surface area contributed by atoms with Crippen LogP contribution in [0.2, 0.25) is 0 Å². The summed E-state index contributed by atoms with van der Waals surface area (Å²) in [4.78, 5) is 0.835. The molecule has 0 unspecified atom stereocenters. The molecule has 2 aromatic rings. The second-order valence-electron chi connectivity index (χ2n) is 6.84. The molecule has 1 aliphatic rings. The molecule has 0 aromatic heterocycles. The molecule has 0 aliphatic carbocycles. The van der Waals surface area contributed by atoms with Gasteiger partial charge in [-0.15, -0.1) is 0 Å². The fourth-order valence-corrected chi connectivity index (χ4v) is 4.79. The molecule has 0 saturated carbocycles. The summed E-state index contributed by atoms with van der Waals surface area (Å²) in [5, 5.41) is 0. The van der Waals surface area contributed by atoms with Crippen LogP contribution < -0.4 is 4.90 Å². The highest BCUT2D eigenvalue weighted by Crippen LogP contribution is 2.20. The molecule has 1 heterocycles. The molecule has 0 radical (unpaired) electrons. The van der Waals surface area contributed by atoms with E-state index in [1.54, 1.807) is 0 Å². The lowest BCUT2D eigenvalue weighted by Crippen LogP contribution is -3.13. The second kappa shape index (κ2) is 7.42. The maximum absolute atomic E-state index is 13.9. The monoisotopic (exact) mass is 381 g/mol. The number of quaternary nitrogens is 1. The minimum atomic E-state index is -3.94. The van der Waals surface area contributed by atoms with E-state index in [9.17, 15) is 17.2 Å². The van der Waals surface area contributed by atoms with Crippen molar-refractivity contribution in [2.75, 3.05) is 26.2 Å². The Bertz CT molecular complexity index is 908. The summed E-state index contributed by atoms with van der Waals surface area (Å²) in [7, 11) is -3.94. The van der Waals surface area contributed by atoms with Gasteiger partial charge in [0.05, 0.1) is 26.2 Å². The van der Waals surface area contributed by atoms with Crippen LogP contribution in [0.1, 0.15) is 16.7 Å². The topological polar surface area (TPSA) is 41.8 Å². The van der Waals surface area contributed by atoms with Crippen LogP contribution in [-0.4, -0.2) is 38.9 Å². The van der Waals surface area contributed by atoms with Crippen LogP contribution in [0.3, 0.4) is 0 Å². The third kappa shape index (κ3) is 3.95. The molecule has 1 aliphatic heterocycles. The number of sulfonamides is 1. The van der Waals surface area contributed by atoms with Crippen LogP contribution in [-0.2, 0) is 16.6 Å². The molecule has 0 atom stereocenters. The van der Waals surface area contributed by atoms with Gasteiger partial charge in [0.15, 0.2) is 0 Å². The number of hydrogen-bond donors (Lipinski definition) is 1. The van der Waals surface area contributed by atoms with Gasteiger partial charge in [0.1, 0.15) is 23.1 Å². The average Bonchev–Trinajstić information content (AvgIpc) is 2.58. The number of benzene rings is 2. The average molecular weight is 381 g/mol. The van der Waals surface area contributed by atoms with E-state index in [0.29, 0.717) is 32.2 Å². The first-order valence-corrected chi connectivity index (χ1v) is 10.1. The van der Waals surface area contributed by atoms with Crippen molar-refractivity contribution in [3.8, 4) is 0 Å². The minimum absolute atomic E-state index is 0.319. The summed E-state index contributed by atoms with van der Waals surface area (Å²) in [6.07, 6.45) is 0. The quantitative estimate of drug-likeness (QED) is 0.876. The molecular weight excluding hydrogens is 358 g/mol. The van der Waals surface area contributed by atoms with Crippen molar-refractivity contribution >= 4 is 10.0 Å². The SMILES string of the molecule is Cc1ccc(C)c(C[NH+]2CCN(S(=O)(=O)c3ccc(F)cc3F)CC2)c1. The maximum atomic E-state index is 13.9. The van der Waals surface area contributed by atoms with E-state index in [4.69, 9.17) is 0 Å². The van der Waals surface area contributed by atoms with E-state index in [1.165, 1.54) is 25.9 Å². The number of rotatable bonds is 4. The highest BCUT2D eigenvalue weighted by atomic mass is 32.2. The highest BCUT2D eigenvalue weighted by molar-refractivity contribution is 7.89. The Morgan fingerprint density at radius 1 is 1.04 bits per heavy atom. The van der Waals surface area contributed by atoms with E-state index in [-0.39, 0.29) is 0 Å². The van der Waals surface area contributed by atoms with E-state index in [1.807, 2.05) is 0 Å². The lowest BCUT2D eigenvalue weighted by molar-refractivity contribution is -0.917. The van der Waals surface area contributed by atoms with E-state index >= 15 is 0 Å². The van der Waals surface area contributed by atoms with Crippen LogP contribution in [0.5, 0.6) is 0 Å². The smallest absolute Gasteiger partial charge is 0.246 e. The molecule has 7 heteroatoms. The molecule has 1 saturated heterocycles. The number of piperazine rings is 1. The van der Waals surface area contributed by atoms with Crippen molar-refractivity contribution in [3.05, 3.63) is 64.7 Å². The summed E-state index contributed by atoms with van der Waals surface area (Å²) >= 11 is 0. The van der Waals surface area contributed by atoms with Crippen molar-refractivity contribution in [2.45, 2.75) is 25.3 Å². The van der Waals surface area contributed by atoms with Gasteiger partial charge in [-0.3, -0.25) is 0 Å². The van der Waals surface area contributed by atoms with Gasteiger partial charge in [0, 0.05) is 11.6 Å². The predicted octanol–water partition coefficient (Wildman–Crippen LogP) is 1.67. The summed E-state index contributed by atoms with van der Waals surface area (Å²) in [6.45, 7) is 6.90. The predicted molar refractivity (Wildman–Crippen MR) is 95.4 cm³/mol. The molecule has 2 aromatic carbocycles. The Hall–Kier alpha value is -1.83. The second-order valence-corrected chi connectivity index (χ2v) is 8.74. The molecule has 1 N–H and O–H groups in total. The van der Waals surface area contributed by atoms with Crippen molar-refractivity contribution in [3.63, 3.8) is 0 Å². The molecule has 0 amide bonds. The summed E-state index contributed by atoms with van der Waals surface area (Å²) < 4.78 is 53.5. The minimum Gasteiger partial charge on any atom is -0.329 e. The molecule has 26 heavy (non-hydrogen) atoms. The number of halogens is 2. The largest absolute Gasteiger partial charge is 0.329 e. The van der Waals surface area contributed by atoms with E-state index in [0.717, 1.165) is 18.7 Å². The lowest BCUT2D eigenvalue weighted by Gasteiger charge is -2.32. The van der Waals surface area contributed by atoms with Gasteiger partial charge in [-0.2, -0.15) is 4.31 Å².